The lowest BCUT2D eigenvalue weighted by atomic mass is 10.6. The fourth-order valence-electron chi connectivity index (χ4n) is 1.70. The number of nitro groups is 2. The van der Waals surface area contributed by atoms with E-state index in [2.05, 4.69) is 9.97 Å². The SMILES string of the molecule is Cc1ncc([N+](=O)[O-])n1Cn1c([N+](=O)[O-])cnc1C. The maximum atomic E-state index is 10.9. The van der Waals surface area contributed by atoms with Crippen LogP contribution >= 0.6 is 0 Å². The van der Waals surface area contributed by atoms with E-state index in [1.807, 2.05) is 0 Å². The molecule has 0 atom stereocenters. The van der Waals surface area contributed by atoms with E-state index in [1.165, 1.54) is 9.13 Å². The van der Waals surface area contributed by atoms with Crippen LogP contribution in [-0.4, -0.2) is 28.9 Å². The Morgan fingerprint density at radius 2 is 1.37 bits per heavy atom. The number of aryl methyl sites for hydroxylation is 2. The zero-order valence-corrected chi connectivity index (χ0v) is 10.2. The summed E-state index contributed by atoms with van der Waals surface area (Å²) >= 11 is 0. The van der Waals surface area contributed by atoms with Gasteiger partial charge in [-0.2, -0.15) is 9.13 Å². The summed E-state index contributed by atoms with van der Waals surface area (Å²) in [5.74, 6) is 0.350. The van der Waals surface area contributed by atoms with Crippen molar-refractivity contribution in [1.82, 2.24) is 19.1 Å². The molecule has 0 saturated heterocycles. The summed E-state index contributed by atoms with van der Waals surface area (Å²) in [4.78, 5) is 28.2. The fraction of sp³-hybridized carbons (Fsp3) is 0.333. The van der Waals surface area contributed by atoms with E-state index in [0.717, 1.165) is 12.4 Å². The Balaban J connectivity index is 2.47. The lowest BCUT2D eigenvalue weighted by molar-refractivity contribution is -0.395. The minimum atomic E-state index is -0.585. The second-order valence-electron chi connectivity index (χ2n) is 3.84. The minimum absolute atomic E-state index is 0.0791. The van der Waals surface area contributed by atoms with Gasteiger partial charge in [-0.05, 0) is 9.85 Å². The third-order valence-electron chi connectivity index (χ3n) is 2.73. The lowest BCUT2D eigenvalue weighted by Gasteiger charge is -2.03. The molecule has 0 saturated carbocycles. The molecule has 2 aromatic heterocycles. The zero-order valence-electron chi connectivity index (χ0n) is 10.2. The Kier molecular flexibility index (Phi) is 2.99. The van der Waals surface area contributed by atoms with Gasteiger partial charge in [-0.25, -0.2) is 9.97 Å². The summed E-state index contributed by atoms with van der Waals surface area (Å²) in [6.07, 6.45) is 2.24. The number of nitrogens with zero attached hydrogens (tertiary/aromatic N) is 6. The van der Waals surface area contributed by atoms with Gasteiger partial charge in [-0.3, -0.25) is 0 Å². The average molecular weight is 266 g/mol. The predicted molar refractivity (Wildman–Crippen MR) is 62.6 cm³/mol. The first-order valence-corrected chi connectivity index (χ1v) is 5.25. The van der Waals surface area contributed by atoms with E-state index in [9.17, 15) is 20.2 Å². The highest BCUT2D eigenvalue weighted by molar-refractivity contribution is 5.22. The molecule has 0 N–H and O–H groups in total. The largest absolute Gasteiger partial charge is 0.358 e. The van der Waals surface area contributed by atoms with E-state index in [0.29, 0.717) is 11.6 Å². The molecule has 10 nitrogen and oxygen atoms in total. The van der Waals surface area contributed by atoms with Gasteiger partial charge in [0.25, 0.3) is 0 Å². The van der Waals surface area contributed by atoms with Crippen molar-refractivity contribution < 1.29 is 9.85 Å². The first kappa shape index (κ1) is 12.7. The third-order valence-corrected chi connectivity index (χ3v) is 2.73. The molecule has 100 valence electrons. The second-order valence-corrected chi connectivity index (χ2v) is 3.84. The number of aromatic nitrogens is 4. The van der Waals surface area contributed by atoms with Crippen LogP contribution in [0.3, 0.4) is 0 Å². The molecule has 0 unspecified atom stereocenters. The van der Waals surface area contributed by atoms with Gasteiger partial charge in [0.15, 0.2) is 11.6 Å². The van der Waals surface area contributed by atoms with Gasteiger partial charge in [0.2, 0.25) is 6.67 Å². The van der Waals surface area contributed by atoms with Crippen LogP contribution in [0.1, 0.15) is 11.6 Å². The maximum Gasteiger partial charge on any atom is 0.346 e. The van der Waals surface area contributed by atoms with Crippen molar-refractivity contribution in [3.63, 3.8) is 0 Å². The minimum Gasteiger partial charge on any atom is -0.358 e. The van der Waals surface area contributed by atoms with Crippen LogP contribution < -0.4 is 0 Å². The van der Waals surface area contributed by atoms with Crippen molar-refractivity contribution >= 4 is 11.6 Å². The quantitative estimate of drug-likeness (QED) is 0.601. The zero-order chi connectivity index (χ0) is 14.2. The molecule has 0 fully saturated rings. The Bertz CT molecular complexity index is 601. The fourth-order valence-corrected chi connectivity index (χ4v) is 1.70. The summed E-state index contributed by atoms with van der Waals surface area (Å²) in [5, 5.41) is 21.7. The molecule has 2 aromatic rings. The molecule has 0 spiro atoms. The molecule has 0 aromatic carbocycles. The van der Waals surface area contributed by atoms with Gasteiger partial charge < -0.3 is 20.2 Å². The second kappa shape index (κ2) is 4.48. The first-order valence-electron chi connectivity index (χ1n) is 5.25. The van der Waals surface area contributed by atoms with Crippen molar-refractivity contribution in [2.75, 3.05) is 0 Å². The summed E-state index contributed by atoms with van der Waals surface area (Å²) in [5.41, 5.74) is 0. The van der Waals surface area contributed by atoms with Crippen molar-refractivity contribution in [1.29, 1.82) is 0 Å². The molecule has 0 bridgehead atoms. The number of rotatable bonds is 4. The lowest BCUT2D eigenvalue weighted by Crippen LogP contribution is -2.14. The molecule has 2 heterocycles. The summed E-state index contributed by atoms with van der Waals surface area (Å²) < 4.78 is 2.56. The first-order chi connectivity index (χ1) is 8.91. The normalized spacial score (nSPS) is 10.6. The average Bonchev–Trinajstić information content (AvgIpc) is 2.85. The molecule has 0 amide bonds. The number of hydrogen-bond acceptors (Lipinski definition) is 6. The van der Waals surface area contributed by atoms with Gasteiger partial charge >= 0.3 is 11.6 Å². The molecule has 0 aliphatic carbocycles. The van der Waals surface area contributed by atoms with Crippen molar-refractivity contribution in [2.45, 2.75) is 20.5 Å². The molecular weight excluding hydrogens is 256 g/mol. The Labute approximate surface area is 106 Å². The summed E-state index contributed by atoms with van der Waals surface area (Å²) in [7, 11) is 0. The molecule has 0 radical (unpaired) electrons. The van der Waals surface area contributed by atoms with Gasteiger partial charge in [-0.1, -0.05) is 0 Å². The van der Waals surface area contributed by atoms with Crippen LogP contribution in [0, 0.1) is 34.1 Å². The topological polar surface area (TPSA) is 122 Å². The summed E-state index contributed by atoms with van der Waals surface area (Å²) in [6, 6.07) is 0. The Hall–Kier alpha value is -2.78. The standard InChI is InChI=1S/C9H10N6O4/c1-6-10-3-8(14(16)17)12(6)5-13-7(2)11-4-9(13)15(18)19/h3-4H,5H2,1-2H3. The highest BCUT2D eigenvalue weighted by Gasteiger charge is 2.24. The Morgan fingerprint density at radius 3 is 1.68 bits per heavy atom. The van der Waals surface area contributed by atoms with Crippen molar-refractivity contribution in [3.05, 3.63) is 44.3 Å². The van der Waals surface area contributed by atoms with Crippen LogP contribution in [0.25, 0.3) is 0 Å². The molecular formula is C9H10N6O4. The van der Waals surface area contributed by atoms with Gasteiger partial charge in [0, 0.05) is 13.8 Å². The van der Waals surface area contributed by atoms with Crippen LogP contribution in [0.2, 0.25) is 0 Å². The molecule has 0 aliphatic rings. The molecule has 19 heavy (non-hydrogen) atoms. The molecule has 2 rings (SSSR count). The smallest absolute Gasteiger partial charge is 0.346 e. The van der Waals surface area contributed by atoms with Crippen LogP contribution in [0.4, 0.5) is 11.6 Å². The van der Waals surface area contributed by atoms with Crippen molar-refractivity contribution in [2.24, 2.45) is 0 Å². The van der Waals surface area contributed by atoms with Crippen LogP contribution in [0.15, 0.2) is 12.4 Å². The summed E-state index contributed by atoms with van der Waals surface area (Å²) in [6.45, 7) is 3.10. The highest BCUT2D eigenvalue weighted by Crippen LogP contribution is 2.18. The maximum absolute atomic E-state index is 10.9. The van der Waals surface area contributed by atoms with E-state index >= 15 is 0 Å². The van der Waals surface area contributed by atoms with Crippen LogP contribution in [0.5, 0.6) is 0 Å². The highest BCUT2D eigenvalue weighted by atomic mass is 16.6. The number of imidazole rings is 2. The third kappa shape index (κ3) is 2.14. The van der Waals surface area contributed by atoms with E-state index in [1.54, 1.807) is 13.8 Å². The van der Waals surface area contributed by atoms with Crippen LogP contribution in [-0.2, 0) is 6.67 Å². The molecule has 10 heteroatoms. The molecule has 0 aliphatic heterocycles. The van der Waals surface area contributed by atoms with Crippen molar-refractivity contribution in [3.8, 4) is 0 Å². The van der Waals surface area contributed by atoms with Gasteiger partial charge in [0.05, 0.1) is 0 Å². The van der Waals surface area contributed by atoms with E-state index in [-0.39, 0.29) is 18.3 Å². The Morgan fingerprint density at radius 1 is 1.00 bits per heavy atom. The van der Waals surface area contributed by atoms with E-state index < -0.39 is 9.85 Å². The van der Waals surface area contributed by atoms with E-state index in [4.69, 9.17) is 0 Å². The van der Waals surface area contributed by atoms with Gasteiger partial charge in [-0.15, -0.1) is 0 Å². The van der Waals surface area contributed by atoms with Gasteiger partial charge in [0.1, 0.15) is 12.4 Å². The monoisotopic (exact) mass is 266 g/mol. The predicted octanol–water partition coefficient (Wildman–Crippen LogP) is 1.02. The number of hydrogen-bond donors (Lipinski definition) is 0.